The normalized spacial score (nSPS) is 11.4. The molecule has 8 heteroatoms. The van der Waals surface area contributed by atoms with E-state index in [1.165, 1.54) is 17.7 Å². The van der Waals surface area contributed by atoms with Gasteiger partial charge in [-0.2, -0.15) is 5.10 Å². The highest BCUT2D eigenvalue weighted by Gasteiger charge is 2.16. The Labute approximate surface area is 162 Å². The molecule has 7 nitrogen and oxygen atoms in total. The van der Waals surface area contributed by atoms with Crippen molar-refractivity contribution in [2.24, 2.45) is 5.10 Å². The summed E-state index contributed by atoms with van der Waals surface area (Å²) in [7, 11) is 0. The number of ether oxygens (including phenoxy) is 1. The van der Waals surface area contributed by atoms with E-state index < -0.39 is 17.4 Å². The van der Waals surface area contributed by atoms with Crippen molar-refractivity contribution in [3.05, 3.63) is 68.7 Å². The third kappa shape index (κ3) is 5.79. The molecule has 0 aliphatic carbocycles. The van der Waals surface area contributed by atoms with Crippen molar-refractivity contribution in [3.63, 3.8) is 0 Å². The largest absolute Gasteiger partial charge is 0.477 e. The van der Waals surface area contributed by atoms with Crippen molar-refractivity contribution < 1.29 is 14.5 Å². The number of nitro benzene ring substituents is 1. The lowest BCUT2D eigenvalue weighted by molar-refractivity contribution is -0.385. The first-order valence-corrected chi connectivity index (χ1v) is 8.66. The molecule has 0 saturated carbocycles. The Hall–Kier alpha value is -2.93. The molecule has 2 rings (SSSR count). The first-order chi connectivity index (χ1) is 12.8. The molecule has 0 bridgehead atoms. The standard InChI is InChI=1S/C19H20ClN3O4/c1-12(2)14-4-6-15(7-5-14)13(3)21-22-19(24)11-27-18-9-8-16(20)10-17(18)23(25)26/h4-10,12H,11H2,1-3H3,(H,22,24)/b21-13-. The second-order valence-corrected chi connectivity index (χ2v) is 6.60. The second kappa shape index (κ2) is 9.14. The summed E-state index contributed by atoms with van der Waals surface area (Å²) in [6, 6.07) is 11.9. The Balaban J connectivity index is 1.96. The summed E-state index contributed by atoms with van der Waals surface area (Å²) in [6.45, 7) is 5.59. The van der Waals surface area contributed by atoms with E-state index in [2.05, 4.69) is 24.4 Å². The minimum absolute atomic E-state index is 0.0375. The van der Waals surface area contributed by atoms with Crippen LogP contribution in [0.25, 0.3) is 0 Å². The number of amides is 1. The molecule has 0 saturated heterocycles. The fourth-order valence-corrected chi connectivity index (χ4v) is 2.42. The number of nitrogens with zero attached hydrogens (tertiary/aromatic N) is 2. The van der Waals surface area contributed by atoms with Gasteiger partial charge < -0.3 is 4.74 Å². The van der Waals surface area contributed by atoms with Crippen molar-refractivity contribution in [3.8, 4) is 5.75 Å². The number of carbonyl (C=O) groups excluding carboxylic acids is 1. The van der Waals surface area contributed by atoms with E-state index in [9.17, 15) is 14.9 Å². The van der Waals surface area contributed by atoms with E-state index in [4.69, 9.17) is 16.3 Å². The van der Waals surface area contributed by atoms with Crippen LogP contribution in [0.1, 0.15) is 37.8 Å². The van der Waals surface area contributed by atoms with Gasteiger partial charge in [-0.3, -0.25) is 14.9 Å². The number of nitrogens with one attached hydrogen (secondary N) is 1. The first-order valence-electron chi connectivity index (χ1n) is 8.28. The van der Waals surface area contributed by atoms with Gasteiger partial charge in [0.2, 0.25) is 0 Å². The molecule has 0 aromatic heterocycles. The topological polar surface area (TPSA) is 93.8 Å². The summed E-state index contributed by atoms with van der Waals surface area (Å²) in [6.07, 6.45) is 0. The number of hydrazone groups is 1. The molecule has 0 radical (unpaired) electrons. The van der Waals surface area contributed by atoms with Crippen molar-refractivity contribution >= 4 is 28.9 Å². The number of rotatable bonds is 7. The molecule has 2 aromatic carbocycles. The van der Waals surface area contributed by atoms with Crippen molar-refractivity contribution in [1.82, 2.24) is 5.43 Å². The van der Waals surface area contributed by atoms with Crippen LogP contribution in [0.15, 0.2) is 47.6 Å². The Morgan fingerprint density at radius 1 is 1.26 bits per heavy atom. The van der Waals surface area contributed by atoms with Crippen LogP contribution in [-0.4, -0.2) is 23.1 Å². The van der Waals surface area contributed by atoms with E-state index >= 15 is 0 Å². The molecule has 1 amide bonds. The van der Waals surface area contributed by atoms with Crippen LogP contribution in [0.2, 0.25) is 5.02 Å². The molecule has 0 unspecified atom stereocenters. The van der Waals surface area contributed by atoms with Gasteiger partial charge in [0.05, 0.1) is 10.6 Å². The molecule has 0 aliphatic heterocycles. The Kier molecular flexibility index (Phi) is 6.90. The maximum absolute atomic E-state index is 11.9. The Morgan fingerprint density at radius 3 is 2.52 bits per heavy atom. The summed E-state index contributed by atoms with van der Waals surface area (Å²) in [5.74, 6) is -0.132. The molecule has 2 aromatic rings. The molecule has 0 fully saturated rings. The summed E-state index contributed by atoms with van der Waals surface area (Å²) in [4.78, 5) is 22.3. The van der Waals surface area contributed by atoms with Gasteiger partial charge >= 0.3 is 5.69 Å². The summed E-state index contributed by atoms with van der Waals surface area (Å²) in [5, 5.41) is 15.2. The van der Waals surface area contributed by atoms with E-state index in [0.717, 1.165) is 11.6 Å². The molecule has 142 valence electrons. The Morgan fingerprint density at radius 2 is 1.93 bits per heavy atom. The predicted octanol–water partition coefficient (Wildman–Crippen LogP) is 4.29. The molecular formula is C19H20ClN3O4. The fraction of sp³-hybridized carbons (Fsp3) is 0.263. The summed E-state index contributed by atoms with van der Waals surface area (Å²) < 4.78 is 5.21. The van der Waals surface area contributed by atoms with Crippen LogP contribution < -0.4 is 10.2 Å². The average molecular weight is 390 g/mol. The van der Waals surface area contributed by atoms with Crippen molar-refractivity contribution in [1.29, 1.82) is 0 Å². The molecular weight excluding hydrogens is 370 g/mol. The SMILES string of the molecule is C/C(=N/NC(=O)COc1ccc(Cl)cc1[N+](=O)[O-])c1ccc(C(C)C)cc1. The molecule has 1 N–H and O–H groups in total. The molecule has 0 heterocycles. The first kappa shape index (κ1) is 20.4. The lowest BCUT2D eigenvalue weighted by atomic mass is 10.0. The van der Waals surface area contributed by atoms with Gasteiger partial charge in [-0.1, -0.05) is 49.7 Å². The third-order valence-corrected chi connectivity index (χ3v) is 4.05. The van der Waals surface area contributed by atoms with Gasteiger partial charge in [-0.15, -0.1) is 0 Å². The number of nitro groups is 1. The van der Waals surface area contributed by atoms with Gasteiger partial charge in [0, 0.05) is 11.1 Å². The number of halogens is 1. The minimum atomic E-state index is -0.623. The smallest absolute Gasteiger partial charge is 0.312 e. The molecule has 0 spiro atoms. The van der Waals surface area contributed by atoms with E-state index in [0.29, 0.717) is 11.6 Å². The number of hydrogen-bond donors (Lipinski definition) is 1. The van der Waals surface area contributed by atoms with Crippen LogP contribution in [0.5, 0.6) is 5.75 Å². The molecule has 0 atom stereocenters. The van der Waals surface area contributed by atoms with Gasteiger partial charge in [0.25, 0.3) is 5.91 Å². The van der Waals surface area contributed by atoms with Crippen LogP contribution in [0.3, 0.4) is 0 Å². The highest BCUT2D eigenvalue weighted by atomic mass is 35.5. The number of benzene rings is 2. The summed E-state index contributed by atoms with van der Waals surface area (Å²) in [5.41, 5.74) is 4.81. The maximum Gasteiger partial charge on any atom is 0.312 e. The third-order valence-electron chi connectivity index (χ3n) is 3.82. The maximum atomic E-state index is 11.9. The fourth-order valence-electron chi connectivity index (χ4n) is 2.25. The van der Waals surface area contributed by atoms with Crippen LogP contribution >= 0.6 is 11.6 Å². The van der Waals surface area contributed by atoms with Gasteiger partial charge in [0.15, 0.2) is 12.4 Å². The second-order valence-electron chi connectivity index (χ2n) is 6.17. The minimum Gasteiger partial charge on any atom is -0.477 e. The zero-order valence-corrected chi connectivity index (χ0v) is 16.0. The number of hydrogen-bond acceptors (Lipinski definition) is 5. The predicted molar refractivity (Wildman–Crippen MR) is 104 cm³/mol. The average Bonchev–Trinajstić information content (AvgIpc) is 2.64. The van der Waals surface area contributed by atoms with Crippen LogP contribution in [0.4, 0.5) is 5.69 Å². The van der Waals surface area contributed by atoms with Crippen LogP contribution in [0, 0.1) is 10.1 Å². The number of carbonyl (C=O) groups is 1. The molecule has 0 aliphatic rings. The van der Waals surface area contributed by atoms with Gasteiger partial charge in [-0.25, -0.2) is 5.43 Å². The van der Waals surface area contributed by atoms with Crippen molar-refractivity contribution in [2.75, 3.05) is 6.61 Å². The lowest BCUT2D eigenvalue weighted by Gasteiger charge is -2.08. The zero-order chi connectivity index (χ0) is 20.0. The van der Waals surface area contributed by atoms with E-state index in [1.54, 1.807) is 6.92 Å². The van der Waals surface area contributed by atoms with Gasteiger partial charge in [0.1, 0.15) is 0 Å². The molecule has 27 heavy (non-hydrogen) atoms. The van der Waals surface area contributed by atoms with E-state index in [-0.39, 0.29) is 16.5 Å². The van der Waals surface area contributed by atoms with Crippen LogP contribution in [-0.2, 0) is 4.79 Å². The summed E-state index contributed by atoms with van der Waals surface area (Å²) >= 11 is 5.74. The zero-order valence-electron chi connectivity index (χ0n) is 15.2. The monoisotopic (exact) mass is 389 g/mol. The quantitative estimate of drug-likeness (QED) is 0.434. The van der Waals surface area contributed by atoms with E-state index in [1.807, 2.05) is 24.3 Å². The van der Waals surface area contributed by atoms with Gasteiger partial charge in [-0.05, 0) is 36.1 Å². The highest BCUT2D eigenvalue weighted by molar-refractivity contribution is 6.30. The lowest BCUT2D eigenvalue weighted by Crippen LogP contribution is -2.25. The Bertz CT molecular complexity index is 864. The highest BCUT2D eigenvalue weighted by Crippen LogP contribution is 2.29. The van der Waals surface area contributed by atoms with Crippen molar-refractivity contribution in [2.45, 2.75) is 26.7 Å².